The first-order valence-corrected chi connectivity index (χ1v) is 10.3. The highest BCUT2D eigenvalue weighted by Crippen LogP contribution is 2.28. The molecule has 29 heavy (non-hydrogen) atoms. The summed E-state index contributed by atoms with van der Waals surface area (Å²) in [6.45, 7) is 7.19. The van der Waals surface area contributed by atoms with Gasteiger partial charge in [-0.15, -0.1) is 0 Å². The summed E-state index contributed by atoms with van der Waals surface area (Å²) >= 11 is 0. The number of ether oxygens (including phenoxy) is 1. The maximum atomic E-state index is 12.4. The van der Waals surface area contributed by atoms with Gasteiger partial charge in [-0.2, -0.15) is 0 Å². The number of hydrogen-bond donors (Lipinski definition) is 1. The molecule has 0 aliphatic carbocycles. The topological polar surface area (TPSA) is 48.1 Å². The van der Waals surface area contributed by atoms with Crippen molar-refractivity contribution in [2.75, 3.05) is 63.2 Å². The number of anilines is 2. The van der Waals surface area contributed by atoms with Crippen LogP contribution >= 0.6 is 0 Å². The third-order valence-corrected chi connectivity index (χ3v) is 5.19. The number of para-hydroxylation sites is 2. The Kier molecular flexibility index (Phi) is 7.36. The van der Waals surface area contributed by atoms with Gasteiger partial charge in [0.1, 0.15) is 5.75 Å². The smallest absolute Gasteiger partial charge is 0.234 e. The highest BCUT2D eigenvalue weighted by Gasteiger charge is 2.21. The Balaban J connectivity index is 1.44. The van der Waals surface area contributed by atoms with Crippen molar-refractivity contribution in [3.05, 3.63) is 54.1 Å². The zero-order valence-corrected chi connectivity index (χ0v) is 17.7. The zero-order chi connectivity index (χ0) is 20.6. The maximum absolute atomic E-state index is 12.4. The second kappa shape index (κ2) is 10.2. The maximum Gasteiger partial charge on any atom is 0.234 e. The fourth-order valence-electron chi connectivity index (χ4n) is 3.51. The van der Waals surface area contributed by atoms with E-state index in [1.54, 1.807) is 0 Å². The summed E-state index contributed by atoms with van der Waals surface area (Å²) in [6.07, 6.45) is 0. The molecule has 1 fully saturated rings. The van der Waals surface area contributed by atoms with Crippen molar-refractivity contribution in [2.45, 2.75) is 13.5 Å². The van der Waals surface area contributed by atoms with Gasteiger partial charge in [0.05, 0.1) is 18.8 Å². The number of nitrogens with zero attached hydrogens (tertiary/aromatic N) is 3. The molecule has 156 valence electrons. The Morgan fingerprint density at radius 3 is 2.38 bits per heavy atom. The van der Waals surface area contributed by atoms with Crippen molar-refractivity contribution in [3.8, 4) is 5.75 Å². The van der Waals surface area contributed by atoms with Crippen LogP contribution in [0.2, 0.25) is 0 Å². The van der Waals surface area contributed by atoms with Gasteiger partial charge in [-0.1, -0.05) is 24.3 Å². The average Bonchev–Trinajstić information content (AvgIpc) is 2.74. The molecule has 1 amide bonds. The van der Waals surface area contributed by atoms with Gasteiger partial charge in [0, 0.05) is 52.5 Å². The van der Waals surface area contributed by atoms with E-state index < -0.39 is 0 Å². The molecule has 1 N–H and O–H groups in total. The van der Waals surface area contributed by atoms with Gasteiger partial charge in [-0.05, 0) is 36.8 Å². The minimum absolute atomic E-state index is 0.0739. The van der Waals surface area contributed by atoms with Crippen LogP contribution in [0, 0.1) is 0 Å². The van der Waals surface area contributed by atoms with Crippen LogP contribution in [0.15, 0.2) is 48.5 Å². The normalized spacial score (nSPS) is 14.5. The van der Waals surface area contributed by atoms with E-state index in [1.165, 1.54) is 0 Å². The molecule has 0 aromatic heterocycles. The molecule has 1 aliphatic heterocycles. The molecule has 6 heteroatoms. The highest BCUT2D eigenvalue weighted by molar-refractivity contribution is 5.78. The summed E-state index contributed by atoms with van der Waals surface area (Å²) in [5.41, 5.74) is 3.41. The van der Waals surface area contributed by atoms with Crippen LogP contribution in [-0.4, -0.2) is 64.2 Å². The lowest BCUT2D eigenvalue weighted by Crippen LogP contribution is -2.49. The lowest BCUT2D eigenvalue weighted by atomic mass is 10.2. The SMILES string of the molecule is CCOc1ccccc1N1CCN(CC(=O)NCc2ccc(N(C)C)cc2)CC1. The molecule has 1 aliphatic rings. The van der Waals surface area contributed by atoms with Crippen LogP contribution in [0.1, 0.15) is 12.5 Å². The zero-order valence-electron chi connectivity index (χ0n) is 17.7. The number of benzene rings is 2. The second-order valence-corrected chi connectivity index (χ2v) is 7.50. The number of amides is 1. The summed E-state index contributed by atoms with van der Waals surface area (Å²) in [7, 11) is 4.04. The van der Waals surface area contributed by atoms with Gasteiger partial charge in [0.25, 0.3) is 0 Å². The fourth-order valence-corrected chi connectivity index (χ4v) is 3.51. The Morgan fingerprint density at radius 2 is 1.72 bits per heavy atom. The van der Waals surface area contributed by atoms with Gasteiger partial charge in [-0.25, -0.2) is 0 Å². The molecule has 0 radical (unpaired) electrons. The quantitative estimate of drug-likeness (QED) is 0.743. The molecule has 0 spiro atoms. The minimum atomic E-state index is 0.0739. The van der Waals surface area contributed by atoms with E-state index in [9.17, 15) is 4.79 Å². The number of carbonyl (C=O) groups excluding carboxylic acids is 1. The van der Waals surface area contributed by atoms with Gasteiger partial charge in [0.2, 0.25) is 5.91 Å². The van der Waals surface area contributed by atoms with E-state index in [1.807, 2.05) is 39.2 Å². The summed E-state index contributed by atoms with van der Waals surface area (Å²) in [4.78, 5) is 19.0. The molecule has 0 bridgehead atoms. The van der Waals surface area contributed by atoms with Crippen molar-refractivity contribution in [2.24, 2.45) is 0 Å². The number of hydrogen-bond acceptors (Lipinski definition) is 5. The fraction of sp³-hybridized carbons (Fsp3) is 0.435. The molecule has 2 aromatic rings. The Labute approximate surface area is 174 Å². The van der Waals surface area contributed by atoms with Crippen molar-refractivity contribution < 1.29 is 9.53 Å². The van der Waals surface area contributed by atoms with Crippen LogP contribution in [0.4, 0.5) is 11.4 Å². The first kappa shape index (κ1) is 21.0. The predicted octanol–water partition coefficient (Wildman–Crippen LogP) is 2.59. The highest BCUT2D eigenvalue weighted by atomic mass is 16.5. The van der Waals surface area contributed by atoms with Crippen LogP contribution in [0.25, 0.3) is 0 Å². The van der Waals surface area contributed by atoms with E-state index in [0.29, 0.717) is 19.7 Å². The molecule has 0 unspecified atom stereocenters. The lowest BCUT2D eigenvalue weighted by molar-refractivity contribution is -0.122. The van der Waals surface area contributed by atoms with Gasteiger partial charge < -0.3 is 19.9 Å². The van der Waals surface area contributed by atoms with E-state index in [4.69, 9.17) is 4.74 Å². The third kappa shape index (κ3) is 5.87. The van der Waals surface area contributed by atoms with Gasteiger partial charge in [0.15, 0.2) is 0 Å². The Morgan fingerprint density at radius 1 is 1.03 bits per heavy atom. The molecular weight excluding hydrogens is 364 g/mol. The minimum Gasteiger partial charge on any atom is -0.492 e. The van der Waals surface area contributed by atoms with Gasteiger partial charge >= 0.3 is 0 Å². The molecule has 0 saturated carbocycles. The van der Waals surface area contributed by atoms with E-state index in [2.05, 4.69) is 50.3 Å². The predicted molar refractivity (Wildman–Crippen MR) is 119 cm³/mol. The number of piperazine rings is 1. The molecule has 0 atom stereocenters. The Hall–Kier alpha value is -2.73. The first-order chi connectivity index (χ1) is 14.1. The van der Waals surface area contributed by atoms with Crippen LogP contribution in [0.3, 0.4) is 0 Å². The van der Waals surface area contributed by atoms with Crippen molar-refractivity contribution >= 4 is 17.3 Å². The first-order valence-electron chi connectivity index (χ1n) is 10.3. The summed E-state index contributed by atoms with van der Waals surface area (Å²) in [6, 6.07) is 16.4. The Bertz CT molecular complexity index is 784. The van der Waals surface area contributed by atoms with Crippen LogP contribution in [0.5, 0.6) is 5.75 Å². The summed E-state index contributed by atoms with van der Waals surface area (Å²) < 4.78 is 5.75. The van der Waals surface area contributed by atoms with Gasteiger partial charge in [-0.3, -0.25) is 9.69 Å². The molecule has 3 rings (SSSR count). The van der Waals surface area contributed by atoms with E-state index in [-0.39, 0.29) is 5.91 Å². The average molecular weight is 397 g/mol. The van der Waals surface area contributed by atoms with Crippen molar-refractivity contribution in [1.82, 2.24) is 10.2 Å². The molecule has 2 aromatic carbocycles. The number of nitrogens with one attached hydrogen (secondary N) is 1. The van der Waals surface area contributed by atoms with E-state index >= 15 is 0 Å². The van der Waals surface area contributed by atoms with Crippen LogP contribution in [-0.2, 0) is 11.3 Å². The molecule has 1 heterocycles. The molecule has 6 nitrogen and oxygen atoms in total. The molecular formula is C23H32N4O2. The largest absolute Gasteiger partial charge is 0.492 e. The monoisotopic (exact) mass is 396 g/mol. The standard InChI is InChI=1S/C23H32N4O2/c1-4-29-22-8-6-5-7-21(22)27-15-13-26(14-16-27)18-23(28)24-17-19-9-11-20(12-10-19)25(2)3/h5-12H,4,13-18H2,1-3H3,(H,24,28). The lowest BCUT2D eigenvalue weighted by Gasteiger charge is -2.36. The third-order valence-electron chi connectivity index (χ3n) is 5.19. The van der Waals surface area contributed by atoms with Crippen molar-refractivity contribution in [3.63, 3.8) is 0 Å². The van der Waals surface area contributed by atoms with Crippen LogP contribution < -0.4 is 19.9 Å². The number of carbonyl (C=O) groups is 1. The summed E-state index contributed by atoms with van der Waals surface area (Å²) in [5.74, 6) is 1.01. The second-order valence-electron chi connectivity index (χ2n) is 7.50. The summed E-state index contributed by atoms with van der Waals surface area (Å²) in [5, 5.41) is 3.04. The van der Waals surface area contributed by atoms with E-state index in [0.717, 1.165) is 48.9 Å². The van der Waals surface area contributed by atoms with Crippen molar-refractivity contribution in [1.29, 1.82) is 0 Å². The molecule has 1 saturated heterocycles. The number of rotatable bonds is 8.